The van der Waals surface area contributed by atoms with Crippen LogP contribution >= 0.6 is 0 Å². The number of ether oxygens (including phenoxy) is 1. The second kappa shape index (κ2) is 6.37. The van der Waals surface area contributed by atoms with E-state index >= 15 is 0 Å². The van der Waals surface area contributed by atoms with Crippen molar-refractivity contribution in [3.8, 4) is 0 Å². The molecule has 0 unspecified atom stereocenters. The summed E-state index contributed by atoms with van der Waals surface area (Å²) < 4.78 is 11.1. The van der Waals surface area contributed by atoms with Gasteiger partial charge in [-0.2, -0.15) is 0 Å². The lowest BCUT2D eigenvalue weighted by molar-refractivity contribution is 0.0992. The van der Waals surface area contributed by atoms with Crippen LogP contribution in [0, 0.1) is 0 Å². The third kappa shape index (κ3) is 2.75. The van der Waals surface area contributed by atoms with Crippen molar-refractivity contribution in [3.63, 3.8) is 0 Å². The van der Waals surface area contributed by atoms with Gasteiger partial charge in [0, 0.05) is 46.9 Å². The molecule has 0 spiro atoms. The first-order chi connectivity index (χ1) is 12.3. The van der Waals surface area contributed by atoms with E-state index in [1.165, 1.54) is 0 Å². The van der Waals surface area contributed by atoms with Crippen molar-refractivity contribution in [3.05, 3.63) is 72.2 Å². The first kappa shape index (κ1) is 15.4. The van der Waals surface area contributed by atoms with E-state index in [9.17, 15) is 4.79 Å². The van der Waals surface area contributed by atoms with Crippen molar-refractivity contribution < 1.29 is 13.9 Å². The molecule has 5 nitrogen and oxygen atoms in total. The molecule has 2 heterocycles. The maximum absolute atomic E-state index is 12.8. The molecular weight excluding hydrogens is 316 g/mol. The number of carbonyl (C=O) groups is 1. The van der Waals surface area contributed by atoms with Crippen LogP contribution < -0.4 is 5.32 Å². The number of para-hydroxylation sites is 1. The lowest BCUT2D eigenvalue weighted by Crippen LogP contribution is -2.13. The molecule has 25 heavy (non-hydrogen) atoms. The Balaban J connectivity index is 1.76. The van der Waals surface area contributed by atoms with Crippen LogP contribution in [0.1, 0.15) is 16.1 Å². The highest BCUT2D eigenvalue weighted by atomic mass is 16.5. The predicted molar refractivity (Wildman–Crippen MR) is 96.6 cm³/mol. The smallest absolute Gasteiger partial charge is 0.291 e. The van der Waals surface area contributed by atoms with Crippen LogP contribution in [-0.2, 0) is 11.3 Å². The van der Waals surface area contributed by atoms with Crippen molar-refractivity contribution in [1.29, 1.82) is 0 Å². The summed E-state index contributed by atoms with van der Waals surface area (Å²) in [6, 6.07) is 15.1. The van der Waals surface area contributed by atoms with Crippen LogP contribution in [0.5, 0.6) is 0 Å². The minimum absolute atomic E-state index is 0.272. The number of amides is 1. The van der Waals surface area contributed by atoms with Crippen LogP contribution in [0.3, 0.4) is 0 Å². The standard InChI is InChI=1S/C20H16N2O3/c1-24-12-16-15-6-2-3-8-18(15)25-19(16)20(23)22-17-7-4-5-13-11-21-10-9-14(13)17/h2-11H,12H2,1H3,(H,22,23). The van der Waals surface area contributed by atoms with Gasteiger partial charge in [0.1, 0.15) is 5.58 Å². The molecule has 0 aliphatic carbocycles. The van der Waals surface area contributed by atoms with Crippen LogP contribution in [0.2, 0.25) is 0 Å². The number of benzene rings is 2. The summed E-state index contributed by atoms with van der Waals surface area (Å²) >= 11 is 0. The van der Waals surface area contributed by atoms with E-state index in [2.05, 4.69) is 10.3 Å². The van der Waals surface area contributed by atoms with Crippen LogP contribution in [0.4, 0.5) is 5.69 Å². The number of fused-ring (bicyclic) bond motifs is 2. The number of nitrogens with zero attached hydrogens (tertiary/aromatic N) is 1. The van der Waals surface area contributed by atoms with Gasteiger partial charge in [0.2, 0.25) is 0 Å². The second-order valence-corrected chi connectivity index (χ2v) is 5.70. The normalized spacial score (nSPS) is 11.1. The lowest BCUT2D eigenvalue weighted by Gasteiger charge is -2.08. The van der Waals surface area contributed by atoms with E-state index in [0.717, 1.165) is 21.7 Å². The van der Waals surface area contributed by atoms with E-state index in [0.29, 0.717) is 17.9 Å². The maximum atomic E-state index is 12.8. The molecule has 0 bridgehead atoms. The van der Waals surface area contributed by atoms with Crippen LogP contribution in [0.25, 0.3) is 21.7 Å². The Labute approximate surface area is 144 Å². The molecule has 0 fully saturated rings. The van der Waals surface area contributed by atoms with Gasteiger partial charge in [-0.05, 0) is 18.2 Å². The summed E-state index contributed by atoms with van der Waals surface area (Å²) in [5, 5.41) is 5.72. The highest BCUT2D eigenvalue weighted by Crippen LogP contribution is 2.28. The molecule has 0 aliphatic rings. The van der Waals surface area contributed by atoms with Gasteiger partial charge in [-0.3, -0.25) is 9.78 Å². The van der Waals surface area contributed by atoms with E-state index < -0.39 is 0 Å². The van der Waals surface area contributed by atoms with Crippen molar-refractivity contribution in [2.45, 2.75) is 6.61 Å². The number of nitrogens with one attached hydrogen (secondary N) is 1. The Hall–Kier alpha value is -3.18. The van der Waals surface area contributed by atoms with Gasteiger partial charge in [0.05, 0.1) is 6.61 Å². The number of methoxy groups -OCH3 is 1. The van der Waals surface area contributed by atoms with Gasteiger partial charge in [0.15, 0.2) is 5.76 Å². The van der Waals surface area contributed by atoms with Crippen LogP contribution in [0.15, 0.2) is 65.3 Å². The summed E-state index contributed by atoms with van der Waals surface area (Å²) in [7, 11) is 1.60. The van der Waals surface area contributed by atoms with Gasteiger partial charge in [0.25, 0.3) is 5.91 Å². The average molecular weight is 332 g/mol. The van der Waals surface area contributed by atoms with E-state index in [1.54, 1.807) is 19.5 Å². The second-order valence-electron chi connectivity index (χ2n) is 5.70. The number of furan rings is 1. The molecule has 4 rings (SSSR count). The summed E-state index contributed by atoms with van der Waals surface area (Å²) in [4.78, 5) is 17.0. The van der Waals surface area contributed by atoms with Gasteiger partial charge >= 0.3 is 0 Å². The first-order valence-electron chi connectivity index (χ1n) is 7.91. The number of carbonyl (C=O) groups excluding carboxylic acids is 1. The number of hydrogen-bond donors (Lipinski definition) is 1. The molecule has 5 heteroatoms. The Morgan fingerprint density at radius 2 is 2.00 bits per heavy atom. The molecule has 0 radical (unpaired) electrons. The van der Waals surface area contributed by atoms with Gasteiger partial charge in [-0.25, -0.2) is 0 Å². The molecular formula is C20H16N2O3. The fraction of sp³-hybridized carbons (Fsp3) is 0.100. The zero-order chi connectivity index (χ0) is 17.2. The minimum atomic E-state index is -0.299. The zero-order valence-corrected chi connectivity index (χ0v) is 13.7. The van der Waals surface area contributed by atoms with E-state index in [1.807, 2.05) is 48.5 Å². The maximum Gasteiger partial charge on any atom is 0.291 e. The van der Waals surface area contributed by atoms with Crippen LogP contribution in [-0.4, -0.2) is 18.0 Å². The number of rotatable bonds is 4. The topological polar surface area (TPSA) is 64.4 Å². The molecule has 0 atom stereocenters. The SMILES string of the molecule is COCc1c(C(=O)Nc2cccc3cnccc23)oc2ccccc12. The van der Waals surface area contributed by atoms with Crippen molar-refractivity contribution in [2.75, 3.05) is 12.4 Å². The van der Waals surface area contributed by atoms with Crippen molar-refractivity contribution >= 4 is 33.3 Å². The lowest BCUT2D eigenvalue weighted by atomic mass is 10.1. The van der Waals surface area contributed by atoms with E-state index in [4.69, 9.17) is 9.15 Å². The van der Waals surface area contributed by atoms with E-state index in [-0.39, 0.29) is 11.7 Å². The fourth-order valence-electron chi connectivity index (χ4n) is 2.98. The van der Waals surface area contributed by atoms with Crippen molar-refractivity contribution in [1.82, 2.24) is 4.98 Å². The molecule has 124 valence electrons. The number of pyridine rings is 1. The monoisotopic (exact) mass is 332 g/mol. The largest absolute Gasteiger partial charge is 0.451 e. The van der Waals surface area contributed by atoms with Gasteiger partial charge in [-0.1, -0.05) is 30.3 Å². The number of anilines is 1. The third-order valence-corrected chi connectivity index (χ3v) is 4.12. The first-order valence-corrected chi connectivity index (χ1v) is 7.91. The summed E-state index contributed by atoms with van der Waals surface area (Å²) in [6.07, 6.45) is 3.47. The summed E-state index contributed by atoms with van der Waals surface area (Å²) in [5.41, 5.74) is 2.13. The van der Waals surface area contributed by atoms with Crippen molar-refractivity contribution in [2.24, 2.45) is 0 Å². The molecule has 2 aromatic heterocycles. The Morgan fingerprint density at radius 3 is 2.88 bits per heavy atom. The Morgan fingerprint density at radius 1 is 1.12 bits per heavy atom. The summed E-state index contributed by atoms with van der Waals surface area (Å²) in [5.74, 6) is -0.0262. The highest BCUT2D eigenvalue weighted by Gasteiger charge is 2.21. The molecule has 0 saturated carbocycles. The summed E-state index contributed by atoms with van der Waals surface area (Å²) in [6.45, 7) is 0.305. The zero-order valence-electron chi connectivity index (χ0n) is 13.7. The molecule has 1 amide bonds. The molecule has 0 aliphatic heterocycles. The Bertz CT molecular complexity index is 1060. The quantitative estimate of drug-likeness (QED) is 0.602. The van der Waals surface area contributed by atoms with Gasteiger partial charge < -0.3 is 14.5 Å². The molecule has 4 aromatic rings. The highest BCUT2D eigenvalue weighted by molar-refractivity contribution is 6.10. The molecule has 1 N–H and O–H groups in total. The average Bonchev–Trinajstić information content (AvgIpc) is 3.01. The fourth-order valence-corrected chi connectivity index (χ4v) is 2.98. The van der Waals surface area contributed by atoms with Gasteiger partial charge in [-0.15, -0.1) is 0 Å². The third-order valence-electron chi connectivity index (χ3n) is 4.12. The number of aromatic nitrogens is 1. The number of hydrogen-bond acceptors (Lipinski definition) is 4. The molecule has 2 aromatic carbocycles. The molecule has 0 saturated heterocycles. The minimum Gasteiger partial charge on any atom is -0.451 e. The predicted octanol–water partition coefficient (Wildman–Crippen LogP) is 4.38. The Kier molecular flexibility index (Phi) is 3.91.